The topological polar surface area (TPSA) is 54.4 Å². The molecule has 0 aromatic carbocycles. The highest BCUT2D eigenvalue weighted by atomic mass is 16.3. The van der Waals surface area contributed by atoms with Gasteiger partial charge in [-0.3, -0.25) is 4.79 Å². The summed E-state index contributed by atoms with van der Waals surface area (Å²) in [6.07, 6.45) is 14.4. The Bertz CT molecular complexity index is 662. The van der Waals surface area contributed by atoms with Gasteiger partial charge in [0.2, 0.25) is 0 Å². The van der Waals surface area contributed by atoms with E-state index in [-0.39, 0.29) is 23.2 Å². The van der Waals surface area contributed by atoms with Gasteiger partial charge in [-0.15, -0.1) is 0 Å². The molecule has 142 valence electrons. The Balaban J connectivity index is 1.78. The van der Waals surface area contributed by atoms with Gasteiger partial charge in [0, 0.05) is 6.42 Å². The molecule has 0 aromatic heterocycles. The van der Waals surface area contributed by atoms with Gasteiger partial charge in [0.15, 0.2) is 5.78 Å². The van der Waals surface area contributed by atoms with Crippen molar-refractivity contribution in [1.82, 2.24) is 0 Å². The van der Waals surface area contributed by atoms with Crippen LogP contribution in [-0.2, 0) is 9.59 Å². The van der Waals surface area contributed by atoms with Crippen LogP contribution in [0.2, 0.25) is 0 Å². The third kappa shape index (κ3) is 2.42. The molecule has 3 fully saturated rings. The third-order valence-corrected chi connectivity index (χ3v) is 8.43. The van der Waals surface area contributed by atoms with E-state index in [0.29, 0.717) is 30.6 Å². The van der Waals surface area contributed by atoms with E-state index in [2.05, 4.69) is 26.0 Å². The molecule has 3 saturated carbocycles. The first-order valence-corrected chi connectivity index (χ1v) is 10.5. The number of allylic oxidation sites excluding steroid dienone is 3. The SMILES string of the molecule is CCC=CC1C[C@@H]2[C@@H](CC[C@]3(C)C(O)CC[C@@H]23)[C@@]2(C=O)CCC(=O)C=C12. The third-order valence-electron chi connectivity index (χ3n) is 8.43. The van der Waals surface area contributed by atoms with Gasteiger partial charge in [0.1, 0.15) is 6.29 Å². The first-order chi connectivity index (χ1) is 12.5. The Morgan fingerprint density at radius 1 is 1.23 bits per heavy atom. The highest BCUT2D eigenvalue weighted by Crippen LogP contribution is 2.66. The normalized spacial score (nSPS) is 47.9. The van der Waals surface area contributed by atoms with Crippen LogP contribution in [0.1, 0.15) is 65.2 Å². The van der Waals surface area contributed by atoms with Gasteiger partial charge in [-0.2, -0.15) is 0 Å². The lowest BCUT2D eigenvalue weighted by Crippen LogP contribution is -2.54. The van der Waals surface area contributed by atoms with Crippen molar-refractivity contribution in [2.75, 3.05) is 0 Å². The molecule has 0 saturated heterocycles. The molecule has 2 unspecified atom stereocenters. The maximum absolute atomic E-state index is 12.5. The Labute approximate surface area is 156 Å². The van der Waals surface area contributed by atoms with E-state index >= 15 is 0 Å². The Morgan fingerprint density at radius 2 is 2.04 bits per heavy atom. The summed E-state index contributed by atoms with van der Waals surface area (Å²) in [4.78, 5) is 24.7. The smallest absolute Gasteiger partial charge is 0.155 e. The molecule has 4 aliphatic rings. The fraction of sp³-hybridized carbons (Fsp3) is 0.739. The Kier molecular flexibility index (Phi) is 4.50. The Hall–Kier alpha value is -1.22. The van der Waals surface area contributed by atoms with Crippen LogP contribution in [0.25, 0.3) is 0 Å². The van der Waals surface area contributed by atoms with E-state index in [1.807, 2.05) is 6.08 Å². The molecule has 4 aliphatic carbocycles. The van der Waals surface area contributed by atoms with Gasteiger partial charge in [-0.25, -0.2) is 0 Å². The minimum atomic E-state index is -0.450. The maximum atomic E-state index is 12.5. The number of hydrogen-bond acceptors (Lipinski definition) is 3. The summed E-state index contributed by atoms with van der Waals surface area (Å²) in [5, 5.41) is 10.6. The van der Waals surface area contributed by atoms with Crippen LogP contribution in [0.3, 0.4) is 0 Å². The van der Waals surface area contributed by atoms with Gasteiger partial charge in [0.25, 0.3) is 0 Å². The molecule has 3 nitrogen and oxygen atoms in total. The molecular weight excluding hydrogens is 324 g/mol. The second kappa shape index (κ2) is 6.44. The number of hydrogen-bond donors (Lipinski definition) is 1. The molecule has 7 atom stereocenters. The minimum Gasteiger partial charge on any atom is -0.393 e. The predicted octanol–water partition coefficient (Wildman–Crippen LogP) is 4.25. The number of carbonyl (C=O) groups is 2. The fourth-order valence-corrected chi connectivity index (χ4v) is 7.05. The zero-order chi connectivity index (χ0) is 18.5. The van der Waals surface area contributed by atoms with Crippen molar-refractivity contribution in [2.45, 2.75) is 71.3 Å². The molecule has 4 rings (SSSR count). The average Bonchev–Trinajstić information content (AvgIpc) is 2.95. The standard InChI is InChI=1S/C23H32O3/c1-3-4-5-15-12-17-18-6-7-21(26)22(18,2)10-9-19(17)23(14-24)11-8-16(25)13-20(15)23/h4-5,13-15,17-19,21,26H,3,6-12H2,1-2H3/t15?,17-,18-,19+,21?,22-,23-/m0/s1. The second-order valence-electron chi connectivity index (χ2n) is 9.42. The number of ketones is 1. The molecule has 0 amide bonds. The average molecular weight is 357 g/mol. The van der Waals surface area contributed by atoms with Crippen LogP contribution >= 0.6 is 0 Å². The zero-order valence-electron chi connectivity index (χ0n) is 16.1. The Morgan fingerprint density at radius 3 is 2.77 bits per heavy atom. The molecule has 0 heterocycles. The number of carbonyl (C=O) groups excluding carboxylic acids is 2. The van der Waals surface area contributed by atoms with Crippen molar-refractivity contribution in [2.24, 2.45) is 34.5 Å². The van der Waals surface area contributed by atoms with Gasteiger partial charge in [-0.1, -0.05) is 26.0 Å². The number of aldehydes is 1. The summed E-state index contributed by atoms with van der Waals surface area (Å²) < 4.78 is 0. The summed E-state index contributed by atoms with van der Waals surface area (Å²) in [6, 6.07) is 0. The van der Waals surface area contributed by atoms with Crippen molar-refractivity contribution >= 4 is 12.1 Å². The van der Waals surface area contributed by atoms with Crippen LogP contribution in [0.15, 0.2) is 23.8 Å². The highest BCUT2D eigenvalue weighted by Gasteiger charge is 2.61. The largest absolute Gasteiger partial charge is 0.393 e. The molecule has 3 heteroatoms. The lowest BCUT2D eigenvalue weighted by molar-refractivity contribution is -0.131. The maximum Gasteiger partial charge on any atom is 0.155 e. The number of aliphatic hydroxyl groups is 1. The van der Waals surface area contributed by atoms with Crippen molar-refractivity contribution in [3.8, 4) is 0 Å². The van der Waals surface area contributed by atoms with Crippen LogP contribution in [-0.4, -0.2) is 23.3 Å². The van der Waals surface area contributed by atoms with E-state index < -0.39 is 5.41 Å². The quantitative estimate of drug-likeness (QED) is 0.607. The van der Waals surface area contributed by atoms with E-state index in [4.69, 9.17) is 0 Å². The fourth-order valence-electron chi connectivity index (χ4n) is 7.05. The van der Waals surface area contributed by atoms with Gasteiger partial charge >= 0.3 is 0 Å². The molecule has 0 spiro atoms. The molecule has 0 aliphatic heterocycles. The molecule has 0 radical (unpaired) electrons. The first-order valence-electron chi connectivity index (χ1n) is 10.5. The monoisotopic (exact) mass is 356 g/mol. The summed E-state index contributed by atoms with van der Waals surface area (Å²) in [5.74, 6) is 1.71. The molecule has 0 aromatic rings. The summed E-state index contributed by atoms with van der Waals surface area (Å²) in [6.45, 7) is 4.40. The number of rotatable bonds is 3. The van der Waals surface area contributed by atoms with Gasteiger partial charge < -0.3 is 9.90 Å². The highest BCUT2D eigenvalue weighted by molar-refractivity contribution is 5.93. The van der Waals surface area contributed by atoms with E-state index in [0.717, 1.165) is 44.1 Å². The van der Waals surface area contributed by atoms with Gasteiger partial charge in [0.05, 0.1) is 11.5 Å². The van der Waals surface area contributed by atoms with Crippen LogP contribution in [0, 0.1) is 34.5 Å². The van der Waals surface area contributed by atoms with Crippen LogP contribution in [0.4, 0.5) is 0 Å². The van der Waals surface area contributed by atoms with Gasteiger partial charge in [-0.05, 0) is 85.7 Å². The van der Waals surface area contributed by atoms with E-state index in [1.54, 1.807) is 0 Å². The van der Waals surface area contributed by atoms with E-state index in [9.17, 15) is 14.7 Å². The molecule has 0 bridgehead atoms. The van der Waals surface area contributed by atoms with Crippen molar-refractivity contribution in [3.05, 3.63) is 23.8 Å². The lowest BCUT2D eigenvalue weighted by atomic mass is 9.45. The summed E-state index contributed by atoms with van der Waals surface area (Å²) in [5.41, 5.74) is 0.654. The first kappa shape index (κ1) is 18.2. The number of aliphatic hydroxyl groups excluding tert-OH is 1. The van der Waals surface area contributed by atoms with Crippen molar-refractivity contribution in [1.29, 1.82) is 0 Å². The zero-order valence-corrected chi connectivity index (χ0v) is 16.1. The predicted molar refractivity (Wildman–Crippen MR) is 101 cm³/mol. The van der Waals surface area contributed by atoms with Crippen LogP contribution < -0.4 is 0 Å². The van der Waals surface area contributed by atoms with Crippen molar-refractivity contribution in [3.63, 3.8) is 0 Å². The number of fused-ring (bicyclic) bond motifs is 5. The molecular formula is C23H32O3. The lowest BCUT2D eigenvalue weighted by Gasteiger charge is -2.58. The van der Waals surface area contributed by atoms with Crippen LogP contribution in [0.5, 0.6) is 0 Å². The van der Waals surface area contributed by atoms with Crippen molar-refractivity contribution < 1.29 is 14.7 Å². The van der Waals surface area contributed by atoms with E-state index in [1.165, 1.54) is 6.29 Å². The minimum absolute atomic E-state index is 0.00989. The second-order valence-corrected chi connectivity index (χ2v) is 9.42. The summed E-state index contributed by atoms with van der Waals surface area (Å²) >= 11 is 0. The molecule has 1 N–H and O–H groups in total. The summed E-state index contributed by atoms with van der Waals surface area (Å²) in [7, 11) is 0. The molecule has 26 heavy (non-hydrogen) atoms.